The first-order chi connectivity index (χ1) is 29.1. The Balaban J connectivity index is 1.52. The number of rotatable bonds is 15. The molecule has 62 heavy (non-hydrogen) atoms. The van der Waals surface area contributed by atoms with Crippen molar-refractivity contribution in [1.29, 1.82) is 0 Å². The van der Waals surface area contributed by atoms with Gasteiger partial charge in [-0.2, -0.15) is 0 Å². The first-order valence-corrected chi connectivity index (χ1v) is 20.6. The van der Waals surface area contributed by atoms with Crippen molar-refractivity contribution in [3.05, 3.63) is 0 Å². The highest BCUT2D eigenvalue weighted by molar-refractivity contribution is 7.46. The van der Waals surface area contributed by atoms with E-state index in [-0.39, 0.29) is 0 Å². The summed E-state index contributed by atoms with van der Waals surface area (Å²) in [6.45, 7) is -2.07. The van der Waals surface area contributed by atoms with Crippen molar-refractivity contribution >= 4 is 13.8 Å². The molecule has 29 nitrogen and oxygen atoms in total. The molecular weight excluding hydrogens is 879 g/mol. The average Bonchev–Trinajstić information content (AvgIpc) is 3.21. The van der Waals surface area contributed by atoms with E-state index in [2.05, 4.69) is 0 Å². The number of esters is 1. The molecule has 0 amide bonds. The molecule has 0 saturated carbocycles. The summed E-state index contributed by atoms with van der Waals surface area (Å²) in [5, 5.41) is 148. The molecule has 0 unspecified atom stereocenters. The standard InChI is InChI=1S/C32H55O29P/c1-7-13(38)24(20(45)28(47)51-7)59-30-19(44)17(42)22(11(5-35)55-30)57-32-27(60-31-21(46)25(52-8(2)37)15(40)10(4-34)54-31)26(61-62(48,49)50)23(12(6-36)56-32)58-29-18(43)16(41)14(39)9(3-33)53-29/h7,9-36,38-47H,3-6H2,1-2H3,(H2,48,49,50)/t7-,9+,10+,11+,12+,13-,14+,15+,16-,17+,18+,19+,20+,21+,22+,23-,24+,25-,26-,27+,28+,29-,30+,31+,32-/m0/s1. The topological polar surface area (TPSA) is 459 Å². The molecule has 5 rings (SSSR count). The lowest BCUT2D eigenvalue weighted by Crippen LogP contribution is -2.69. The lowest BCUT2D eigenvalue weighted by molar-refractivity contribution is -0.404. The Morgan fingerprint density at radius 3 is 1.47 bits per heavy atom. The number of aliphatic hydroxyl groups is 14. The van der Waals surface area contributed by atoms with Crippen molar-refractivity contribution in [2.24, 2.45) is 0 Å². The number of hydrogen-bond donors (Lipinski definition) is 16. The van der Waals surface area contributed by atoms with Gasteiger partial charge in [-0.3, -0.25) is 9.32 Å². The largest absolute Gasteiger partial charge is 0.470 e. The van der Waals surface area contributed by atoms with Gasteiger partial charge in [0.05, 0.1) is 32.5 Å². The highest BCUT2D eigenvalue weighted by atomic mass is 31.2. The Bertz CT molecular complexity index is 1460. The van der Waals surface area contributed by atoms with Crippen LogP contribution in [0.3, 0.4) is 0 Å². The molecule has 5 fully saturated rings. The van der Waals surface area contributed by atoms with E-state index in [0.29, 0.717) is 0 Å². The van der Waals surface area contributed by atoms with Gasteiger partial charge in [-0.25, -0.2) is 4.57 Å². The Labute approximate surface area is 350 Å². The van der Waals surface area contributed by atoms with Crippen LogP contribution in [-0.4, -0.2) is 267 Å². The van der Waals surface area contributed by atoms with Crippen LogP contribution in [-0.2, 0) is 61.3 Å². The van der Waals surface area contributed by atoms with Crippen LogP contribution in [0.1, 0.15) is 13.8 Å². The summed E-state index contributed by atoms with van der Waals surface area (Å²) in [6.07, 6.45) is -49.6. The quantitative estimate of drug-likeness (QED) is 0.0535. The number of ether oxygens (including phenoxy) is 10. The van der Waals surface area contributed by atoms with Gasteiger partial charge in [0.2, 0.25) is 0 Å². The average molecular weight is 935 g/mol. The minimum Gasteiger partial charge on any atom is -0.457 e. The van der Waals surface area contributed by atoms with Crippen molar-refractivity contribution in [2.45, 2.75) is 167 Å². The number of hydrogen-bond acceptors (Lipinski definition) is 27. The van der Waals surface area contributed by atoms with E-state index in [9.17, 15) is 90.6 Å². The molecule has 5 aliphatic heterocycles. The zero-order valence-electron chi connectivity index (χ0n) is 32.7. The van der Waals surface area contributed by atoms with Crippen LogP contribution in [0.5, 0.6) is 0 Å². The fourth-order valence-electron chi connectivity index (χ4n) is 7.52. The van der Waals surface area contributed by atoms with Crippen molar-refractivity contribution in [1.82, 2.24) is 0 Å². The number of aliphatic hydroxyl groups excluding tert-OH is 14. The lowest BCUT2D eigenvalue weighted by atomic mass is 9.95. The molecule has 0 aliphatic carbocycles. The van der Waals surface area contributed by atoms with Crippen LogP contribution in [0.25, 0.3) is 0 Å². The monoisotopic (exact) mass is 934 g/mol. The molecule has 5 aliphatic rings. The number of carbonyl (C=O) groups excluding carboxylic acids is 1. The van der Waals surface area contributed by atoms with Gasteiger partial charge in [0.15, 0.2) is 37.6 Å². The van der Waals surface area contributed by atoms with E-state index >= 15 is 0 Å². The van der Waals surface area contributed by atoms with Gasteiger partial charge >= 0.3 is 13.8 Å². The van der Waals surface area contributed by atoms with E-state index in [0.717, 1.165) is 6.92 Å². The van der Waals surface area contributed by atoms with Crippen molar-refractivity contribution in [3.8, 4) is 0 Å². The SMILES string of the molecule is CC(=O)O[C@@H]1[C@@H](O)[C@@H](O[C@H]2[C@H](O[C@H]3[C@H](O)[C@@H](O)[C@@H](O[C@@H]4[C@@H](O)[C@H](C)O[C@@H](O)[C@@H]4O)O[C@@H]3CO)O[C@H](CO)[C@H](O[C@@H]3O[C@H](CO)[C@@H](O)[C@H](O)[C@H]3O)[C@@H]2OP(=O)(O)O)O[C@H](CO)[C@H]1O. The van der Waals surface area contributed by atoms with Crippen LogP contribution < -0.4 is 0 Å². The van der Waals surface area contributed by atoms with Crippen molar-refractivity contribution in [3.63, 3.8) is 0 Å². The third-order valence-electron chi connectivity index (χ3n) is 10.8. The third-order valence-corrected chi connectivity index (χ3v) is 11.3. The zero-order chi connectivity index (χ0) is 46.1. The number of carbonyl (C=O) groups is 1. The van der Waals surface area contributed by atoms with Gasteiger partial charge in [0.25, 0.3) is 0 Å². The van der Waals surface area contributed by atoms with Crippen LogP contribution in [0.2, 0.25) is 0 Å². The van der Waals surface area contributed by atoms with Gasteiger partial charge in [0, 0.05) is 6.92 Å². The van der Waals surface area contributed by atoms with Crippen LogP contribution in [0.4, 0.5) is 0 Å². The normalized spacial score (nSPS) is 49.4. The maximum Gasteiger partial charge on any atom is 0.470 e. The smallest absolute Gasteiger partial charge is 0.457 e. The lowest BCUT2D eigenvalue weighted by Gasteiger charge is -2.51. The molecule has 5 saturated heterocycles. The molecule has 25 atom stereocenters. The number of phosphoric acid groups is 1. The maximum atomic E-state index is 12.6. The molecule has 0 aromatic heterocycles. The molecule has 0 radical (unpaired) electrons. The summed E-state index contributed by atoms with van der Waals surface area (Å²) in [5.41, 5.74) is 0. The fourth-order valence-corrected chi connectivity index (χ4v) is 8.08. The molecule has 0 bridgehead atoms. The Kier molecular flexibility index (Phi) is 17.9. The van der Waals surface area contributed by atoms with Gasteiger partial charge in [-0.1, -0.05) is 0 Å². The third kappa shape index (κ3) is 11.3. The van der Waals surface area contributed by atoms with E-state index in [1.54, 1.807) is 0 Å². The molecule has 362 valence electrons. The molecule has 16 N–H and O–H groups in total. The Hall–Kier alpha value is -1.34. The summed E-state index contributed by atoms with van der Waals surface area (Å²) < 4.78 is 73.1. The highest BCUT2D eigenvalue weighted by Crippen LogP contribution is 2.45. The predicted octanol–water partition coefficient (Wildman–Crippen LogP) is -10.2. The Morgan fingerprint density at radius 1 is 0.468 bits per heavy atom. The summed E-state index contributed by atoms with van der Waals surface area (Å²) in [7, 11) is -5.81. The van der Waals surface area contributed by atoms with Gasteiger partial charge in [-0.15, -0.1) is 0 Å². The van der Waals surface area contributed by atoms with Crippen molar-refractivity contribution in [2.75, 3.05) is 26.4 Å². The molecular formula is C32H55O29P. The van der Waals surface area contributed by atoms with Crippen LogP contribution >= 0.6 is 7.82 Å². The van der Waals surface area contributed by atoms with E-state index < -0.39 is 194 Å². The minimum atomic E-state index is -5.81. The summed E-state index contributed by atoms with van der Waals surface area (Å²) in [4.78, 5) is 32.2. The predicted molar refractivity (Wildman–Crippen MR) is 186 cm³/mol. The molecule has 5 heterocycles. The first-order valence-electron chi connectivity index (χ1n) is 19.1. The van der Waals surface area contributed by atoms with Crippen molar-refractivity contribution < 1.29 is 143 Å². The molecule has 0 aromatic rings. The molecule has 0 aromatic carbocycles. The van der Waals surface area contributed by atoms with Gasteiger partial charge < -0.3 is 129 Å². The van der Waals surface area contributed by atoms with E-state index in [4.69, 9.17) is 51.9 Å². The zero-order valence-corrected chi connectivity index (χ0v) is 33.6. The highest BCUT2D eigenvalue weighted by Gasteiger charge is 2.59. The van der Waals surface area contributed by atoms with Gasteiger partial charge in [-0.05, 0) is 6.92 Å². The number of phosphoric ester groups is 1. The molecule has 30 heteroatoms. The summed E-state index contributed by atoms with van der Waals surface area (Å²) in [6, 6.07) is 0. The first kappa shape index (κ1) is 51.6. The van der Waals surface area contributed by atoms with E-state index in [1.807, 2.05) is 0 Å². The fraction of sp³-hybridized carbons (Fsp3) is 0.969. The maximum absolute atomic E-state index is 12.6. The second kappa shape index (κ2) is 21.5. The van der Waals surface area contributed by atoms with E-state index in [1.165, 1.54) is 6.92 Å². The molecule has 0 spiro atoms. The summed E-state index contributed by atoms with van der Waals surface area (Å²) >= 11 is 0. The summed E-state index contributed by atoms with van der Waals surface area (Å²) in [5.74, 6) is -1.05. The second-order valence-electron chi connectivity index (χ2n) is 15.1. The minimum absolute atomic E-state index is 0.897. The second-order valence-corrected chi connectivity index (χ2v) is 16.3. The Morgan fingerprint density at radius 2 is 0.919 bits per heavy atom. The van der Waals surface area contributed by atoms with Crippen LogP contribution in [0, 0.1) is 0 Å². The van der Waals surface area contributed by atoms with Gasteiger partial charge in [0.1, 0.15) is 110 Å². The van der Waals surface area contributed by atoms with Crippen LogP contribution in [0.15, 0.2) is 0 Å².